The molecule has 0 aromatic heterocycles. The lowest BCUT2D eigenvalue weighted by molar-refractivity contribution is -0.123. The molecule has 0 bridgehead atoms. The van der Waals surface area contributed by atoms with E-state index in [1.54, 1.807) is 0 Å². The molecule has 0 heterocycles. The minimum atomic E-state index is -0.448. The molecule has 0 saturated carbocycles. The van der Waals surface area contributed by atoms with Gasteiger partial charge in [0.1, 0.15) is 11.6 Å². The van der Waals surface area contributed by atoms with Crippen molar-refractivity contribution in [2.45, 2.75) is 13.5 Å². The first-order valence-corrected chi connectivity index (χ1v) is 6.82. The predicted octanol–water partition coefficient (Wildman–Crippen LogP) is 3.48. The summed E-state index contributed by atoms with van der Waals surface area (Å²) >= 11 is 5.81. The quantitative estimate of drug-likeness (QED) is 0.918. The summed E-state index contributed by atoms with van der Waals surface area (Å²) < 4.78 is 18.1. The highest BCUT2D eigenvalue weighted by Gasteiger charge is 2.06. The Bertz CT molecular complexity index is 646. The first-order valence-electron chi connectivity index (χ1n) is 6.44. The Morgan fingerprint density at radius 2 is 2.10 bits per heavy atom. The molecule has 2 aromatic carbocycles. The summed E-state index contributed by atoms with van der Waals surface area (Å²) in [6.07, 6.45) is 0. The maximum absolute atomic E-state index is 12.9. The van der Waals surface area contributed by atoms with E-state index in [1.807, 2.05) is 31.2 Å². The minimum absolute atomic E-state index is 0.140. The van der Waals surface area contributed by atoms with E-state index in [-0.39, 0.29) is 23.3 Å². The Labute approximate surface area is 127 Å². The van der Waals surface area contributed by atoms with Crippen LogP contribution in [-0.2, 0) is 11.3 Å². The number of nitrogens with one attached hydrogen (secondary N) is 1. The standard InChI is InChI=1S/C16H15ClFNO2/c1-11-3-2-4-12(7-11)9-19-16(20)10-21-15-6-5-13(18)8-14(15)17/h2-8H,9-10H2,1H3,(H,19,20). The van der Waals surface area contributed by atoms with Crippen molar-refractivity contribution in [3.8, 4) is 5.75 Å². The van der Waals surface area contributed by atoms with Crippen molar-refractivity contribution in [3.63, 3.8) is 0 Å². The average Bonchev–Trinajstić information content (AvgIpc) is 2.44. The number of carbonyl (C=O) groups is 1. The monoisotopic (exact) mass is 307 g/mol. The lowest BCUT2D eigenvalue weighted by Crippen LogP contribution is -2.28. The number of benzene rings is 2. The van der Waals surface area contributed by atoms with Crippen molar-refractivity contribution >= 4 is 17.5 Å². The van der Waals surface area contributed by atoms with Crippen molar-refractivity contribution in [2.24, 2.45) is 0 Å². The van der Waals surface area contributed by atoms with Crippen LogP contribution in [0.3, 0.4) is 0 Å². The highest BCUT2D eigenvalue weighted by atomic mass is 35.5. The molecule has 2 rings (SSSR count). The van der Waals surface area contributed by atoms with Crippen LogP contribution >= 0.6 is 11.6 Å². The summed E-state index contributed by atoms with van der Waals surface area (Å²) in [5, 5.41) is 2.89. The van der Waals surface area contributed by atoms with Gasteiger partial charge in [-0.3, -0.25) is 4.79 Å². The van der Waals surface area contributed by atoms with Crippen molar-refractivity contribution in [1.29, 1.82) is 0 Å². The number of amides is 1. The zero-order valence-electron chi connectivity index (χ0n) is 11.5. The number of hydrogen-bond donors (Lipinski definition) is 1. The number of carbonyl (C=O) groups excluding carboxylic acids is 1. The van der Waals surface area contributed by atoms with E-state index in [9.17, 15) is 9.18 Å². The third-order valence-corrected chi connectivity index (χ3v) is 3.12. The lowest BCUT2D eigenvalue weighted by Gasteiger charge is -2.09. The molecule has 21 heavy (non-hydrogen) atoms. The van der Waals surface area contributed by atoms with Crippen LogP contribution in [0.4, 0.5) is 4.39 Å². The van der Waals surface area contributed by atoms with Crippen LogP contribution in [0.15, 0.2) is 42.5 Å². The van der Waals surface area contributed by atoms with E-state index in [4.69, 9.17) is 16.3 Å². The summed E-state index contributed by atoms with van der Waals surface area (Å²) in [6, 6.07) is 11.6. The maximum Gasteiger partial charge on any atom is 0.258 e. The van der Waals surface area contributed by atoms with E-state index in [0.29, 0.717) is 6.54 Å². The zero-order valence-corrected chi connectivity index (χ0v) is 12.3. The van der Waals surface area contributed by atoms with Gasteiger partial charge in [0.15, 0.2) is 6.61 Å². The summed E-state index contributed by atoms with van der Waals surface area (Å²) in [4.78, 5) is 11.7. The van der Waals surface area contributed by atoms with Gasteiger partial charge in [0.25, 0.3) is 5.91 Å². The third-order valence-electron chi connectivity index (χ3n) is 2.82. The average molecular weight is 308 g/mol. The van der Waals surface area contributed by atoms with Crippen LogP contribution in [-0.4, -0.2) is 12.5 Å². The molecule has 0 radical (unpaired) electrons. The van der Waals surface area contributed by atoms with Gasteiger partial charge >= 0.3 is 0 Å². The third kappa shape index (κ3) is 4.76. The Morgan fingerprint density at radius 3 is 2.81 bits per heavy atom. The van der Waals surface area contributed by atoms with Crippen LogP contribution in [0.2, 0.25) is 5.02 Å². The number of aryl methyl sites for hydroxylation is 1. The molecule has 3 nitrogen and oxygen atoms in total. The molecule has 2 aromatic rings. The molecule has 5 heteroatoms. The second-order valence-electron chi connectivity index (χ2n) is 4.63. The summed E-state index contributed by atoms with van der Waals surface area (Å²) in [5.41, 5.74) is 2.15. The molecule has 110 valence electrons. The van der Waals surface area contributed by atoms with Gasteiger partial charge in [0.2, 0.25) is 0 Å². The molecule has 1 amide bonds. The fourth-order valence-electron chi connectivity index (χ4n) is 1.81. The second kappa shape index (κ2) is 7.09. The van der Waals surface area contributed by atoms with Crippen molar-refractivity contribution in [2.75, 3.05) is 6.61 Å². The zero-order chi connectivity index (χ0) is 15.2. The predicted molar refractivity (Wildman–Crippen MR) is 79.9 cm³/mol. The largest absolute Gasteiger partial charge is 0.482 e. The first kappa shape index (κ1) is 15.3. The molecular formula is C16H15ClFNO2. The molecule has 1 N–H and O–H groups in total. The number of ether oxygens (including phenoxy) is 1. The van der Waals surface area contributed by atoms with Crippen LogP contribution in [0.1, 0.15) is 11.1 Å². The van der Waals surface area contributed by atoms with Crippen molar-refractivity contribution in [3.05, 3.63) is 64.4 Å². The Kier molecular flexibility index (Phi) is 5.17. The summed E-state index contributed by atoms with van der Waals surface area (Å²) in [7, 11) is 0. The molecule has 0 aliphatic carbocycles. The van der Waals surface area contributed by atoms with Gasteiger partial charge < -0.3 is 10.1 Å². The number of halogens is 2. The van der Waals surface area contributed by atoms with E-state index in [0.717, 1.165) is 17.2 Å². The SMILES string of the molecule is Cc1cccc(CNC(=O)COc2ccc(F)cc2Cl)c1. The van der Waals surface area contributed by atoms with Gasteiger partial charge in [-0.1, -0.05) is 41.4 Å². The first-order chi connectivity index (χ1) is 10.0. The highest BCUT2D eigenvalue weighted by molar-refractivity contribution is 6.32. The van der Waals surface area contributed by atoms with Crippen molar-refractivity contribution in [1.82, 2.24) is 5.32 Å². The molecule has 0 aliphatic rings. The fourth-order valence-corrected chi connectivity index (χ4v) is 2.03. The molecule has 0 atom stereocenters. The number of rotatable bonds is 5. The highest BCUT2D eigenvalue weighted by Crippen LogP contribution is 2.24. The molecule has 0 aliphatic heterocycles. The van der Waals surface area contributed by atoms with Gasteiger partial charge in [-0.05, 0) is 30.7 Å². The Morgan fingerprint density at radius 1 is 1.29 bits per heavy atom. The summed E-state index contributed by atoms with van der Waals surface area (Å²) in [6.45, 7) is 2.25. The van der Waals surface area contributed by atoms with Gasteiger partial charge in [0, 0.05) is 6.54 Å². The van der Waals surface area contributed by atoms with Crippen LogP contribution in [0, 0.1) is 12.7 Å². The minimum Gasteiger partial charge on any atom is -0.482 e. The van der Waals surface area contributed by atoms with Gasteiger partial charge in [-0.2, -0.15) is 0 Å². The molecule has 0 spiro atoms. The van der Waals surface area contributed by atoms with Crippen LogP contribution in [0.5, 0.6) is 5.75 Å². The van der Waals surface area contributed by atoms with E-state index < -0.39 is 5.82 Å². The molecule has 0 fully saturated rings. The number of hydrogen-bond acceptors (Lipinski definition) is 2. The molecule has 0 unspecified atom stereocenters. The molecular weight excluding hydrogens is 293 g/mol. The molecule has 0 saturated heterocycles. The summed E-state index contributed by atoms with van der Waals surface area (Å²) in [5.74, 6) is -0.433. The Balaban J connectivity index is 1.82. The fraction of sp³-hybridized carbons (Fsp3) is 0.188. The lowest BCUT2D eigenvalue weighted by atomic mass is 10.1. The smallest absolute Gasteiger partial charge is 0.258 e. The van der Waals surface area contributed by atoms with E-state index in [2.05, 4.69) is 5.32 Å². The van der Waals surface area contributed by atoms with Gasteiger partial charge in [0.05, 0.1) is 5.02 Å². The van der Waals surface area contributed by atoms with E-state index >= 15 is 0 Å². The van der Waals surface area contributed by atoms with Crippen LogP contribution < -0.4 is 10.1 Å². The maximum atomic E-state index is 12.9. The topological polar surface area (TPSA) is 38.3 Å². The van der Waals surface area contributed by atoms with Gasteiger partial charge in [-0.25, -0.2) is 4.39 Å². The normalized spacial score (nSPS) is 10.2. The van der Waals surface area contributed by atoms with Gasteiger partial charge in [-0.15, -0.1) is 0 Å². The second-order valence-corrected chi connectivity index (χ2v) is 5.04. The Hall–Kier alpha value is -2.07. The van der Waals surface area contributed by atoms with Crippen molar-refractivity contribution < 1.29 is 13.9 Å². The van der Waals surface area contributed by atoms with Crippen LogP contribution in [0.25, 0.3) is 0 Å². The van der Waals surface area contributed by atoms with E-state index in [1.165, 1.54) is 12.1 Å².